The van der Waals surface area contributed by atoms with Gasteiger partial charge in [-0.25, -0.2) is 9.59 Å². The maximum absolute atomic E-state index is 13.7. The Balaban J connectivity index is 6.21. The largest absolute Gasteiger partial charge is 0.478 e. The van der Waals surface area contributed by atoms with Crippen LogP contribution >= 0.6 is 0 Å². The molecule has 0 aliphatic rings. The van der Waals surface area contributed by atoms with Crippen LogP contribution in [0.25, 0.3) is 0 Å². The van der Waals surface area contributed by atoms with Crippen LogP contribution in [0.3, 0.4) is 0 Å². The first-order valence-electron chi connectivity index (χ1n) is 12.2. The fourth-order valence-electron chi connectivity index (χ4n) is 3.44. The van der Waals surface area contributed by atoms with Crippen LogP contribution in [0.15, 0.2) is 24.3 Å². The van der Waals surface area contributed by atoms with Crippen LogP contribution in [-0.4, -0.2) is 64.7 Å². The van der Waals surface area contributed by atoms with E-state index in [9.17, 15) is 24.3 Å². The average Bonchev–Trinajstić information content (AvgIpc) is 2.70. The van der Waals surface area contributed by atoms with E-state index < -0.39 is 52.5 Å². The highest BCUT2D eigenvalue weighted by atomic mass is 16.6. The molecule has 36 heavy (non-hydrogen) atoms. The maximum Gasteiger partial charge on any atom is 0.408 e. The van der Waals surface area contributed by atoms with Gasteiger partial charge >= 0.3 is 12.1 Å². The second-order valence-corrected chi connectivity index (χ2v) is 12.3. The fourth-order valence-corrected chi connectivity index (χ4v) is 3.44. The maximum atomic E-state index is 13.7. The molecule has 0 aliphatic heterocycles. The summed E-state index contributed by atoms with van der Waals surface area (Å²) in [5.74, 6) is -2.09. The number of carboxylic acid groups (broad SMARTS) is 1. The number of alkyl carbamates (subject to hydrolysis) is 1. The number of hydrogen-bond donors (Lipinski definition) is 3. The molecular formula is C27H47N3O6. The molecule has 0 radical (unpaired) electrons. The SMILES string of the molecule is C=CC(C)(C)C(NC(=O)OC(C)(C)C)C(=O)N[C@H](C(=O)N(C)[C@H](/C=C(\C)C(=O)O)C(C)C)C(C)(C)C. The molecular weight excluding hydrogens is 462 g/mol. The normalized spacial score (nSPS) is 15.4. The number of aliphatic carboxylic acids is 1. The van der Waals surface area contributed by atoms with Crippen LogP contribution in [0.4, 0.5) is 4.79 Å². The highest BCUT2D eigenvalue weighted by Crippen LogP contribution is 2.27. The number of ether oxygens (including phenoxy) is 1. The van der Waals surface area contributed by atoms with Gasteiger partial charge in [0, 0.05) is 18.0 Å². The third kappa shape index (κ3) is 10.0. The minimum atomic E-state index is -1.07. The van der Waals surface area contributed by atoms with E-state index in [1.165, 1.54) is 11.8 Å². The van der Waals surface area contributed by atoms with Gasteiger partial charge in [-0.3, -0.25) is 9.59 Å². The summed E-state index contributed by atoms with van der Waals surface area (Å²) in [5.41, 5.74) is -2.19. The van der Waals surface area contributed by atoms with Gasteiger partial charge in [-0.15, -0.1) is 6.58 Å². The molecule has 0 fully saturated rings. The lowest BCUT2D eigenvalue weighted by atomic mass is 9.82. The van der Waals surface area contributed by atoms with Gasteiger partial charge in [0.1, 0.15) is 17.7 Å². The lowest BCUT2D eigenvalue weighted by Gasteiger charge is -2.39. The predicted molar refractivity (Wildman–Crippen MR) is 141 cm³/mol. The molecule has 0 aromatic carbocycles. The van der Waals surface area contributed by atoms with Crippen molar-refractivity contribution in [1.82, 2.24) is 15.5 Å². The first-order chi connectivity index (χ1) is 16.0. The van der Waals surface area contributed by atoms with E-state index in [0.29, 0.717) is 0 Å². The number of nitrogens with zero attached hydrogens (tertiary/aromatic N) is 1. The molecule has 0 heterocycles. The molecule has 0 bridgehead atoms. The molecule has 3 N–H and O–H groups in total. The summed E-state index contributed by atoms with van der Waals surface area (Å²) < 4.78 is 5.34. The van der Waals surface area contributed by atoms with Crippen molar-refractivity contribution >= 4 is 23.9 Å². The quantitative estimate of drug-likeness (QED) is 0.300. The zero-order valence-electron chi connectivity index (χ0n) is 24.1. The topological polar surface area (TPSA) is 125 Å². The summed E-state index contributed by atoms with van der Waals surface area (Å²) in [6.45, 7) is 23.2. The Morgan fingerprint density at radius 3 is 1.81 bits per heavy atom. The Morgan fingerprint density at radius 1 is 0.944 bits per heavy atom. The summed E-state index contributed by atoms with van der Waals surface area (Å²) in [7, 11) is 1.59. The smallest absolute Gasteiger partial charge is 0.408 e. The van der Waals surface area contributed by atoms with Crippen molar-refractivity contribution in [3.05, 3.63) is 24.3 Å². The summed E-state index contributed by atoms with van der Waals surface area (Å²) >= 11 is 0. The molecule has 3 atom stereocenters. The first-order valence-corrected chi connectivity index (χ1v) is 12.2. The molecule has 3 amide bonds. The van der Waals surface area contributed by atoms with Gasteiger partial charge in [-0.2, -0.15) is 0 Å². The number of carbonyl (C=O) groups is 4. The summed E-state index contributed by atoms with van der Waals surface area (Å²) in [6, 6.07) is -2.53. The Kier molecular flexibility index (Phi) is 11.4. The van der Waals surface area contributed by atoms with Crippen molar-refractivity contribution in [2.45, 2.75) is 99.9 Å². The van der Waals surface area contributed by atoms with Crippen LogP contribution in [-0.2, 0) is 19.1 Å². The van der Waals surface area contributed by atoms with Crippen molar-refractivity contribution in [2.24, 2.45) is 16.7 Å². The zero-order chi connectivity index (χ0) is 28.8. The molecule has 206 valence electrons. The second kappa shape index (κ2) is 12.4. The van der Waals surface area contributed by atoms with Gasteiger partial charge in [0.15, 0.2) is 0 Å². The lowest BCUT2D eigenvalue weighted by molar-refractivity contribution is -0.141. The van der Waals surface area contributed by atoms with Crippen molar-refractivity contribution < 1.29 is 29.0 Å². The standard InChI is InChI=1S/C27H47N3O6/c1-14-27(11,12)19(29-24(35)36-26(8,9)10)21(31)28-20(25(5,6)7)22(32)30(13)18(16(2)3)15-17(4)23(33)34/h14-16,18-20H,1H2,2-13H3,(H,28,31)(H,29,35)(H,33,34)/b17-15+/t18-,19?,20-/m1/s1. The summed E-state index contributed by atoms with van der Waals surface area (Å²) in [4.78, 5) is 52.5. The molecule has 0 aliphatic carbocycles. The Bertz CT molecular complexity index is 862. The summed E-state index contributed by atoms with van der Waals surface area (Å²) in [5, 5.41) is 14.8. The molecule has 0 aromatic rings. The number of amides is 3. The van der Waals surface area contributed by atoms with E-state index in [-0.39, 0.29) is 17.4 Å². The first kappa shape index (κ1) is 33.2. The third-order valence-corrected chi connectivity index (χ3v) is 5.83. The third-order valence-electron chi connectivity index (χ3n) is 5.83. The van der Waals surface area contributed by atoms with Gasteiger partial charge in [-0.1, -0.05) is 60.6 Å². The lowest BCUT2D eigenvalue weighted by Crippen LogP contribution is -2.62. The number of carboxylic acids is 1. The molecule has 9 heteroatoms. The fraction of sp³-hybridized carbons (Fsp3) is 0.704. The molecule has 9 nitrogen and oxygen atoms in total. The predicted octanol–water partition coefficient (Wildman–Crippen LogP) is 4.14. The molecule has 0 spiro atoms. The Labute approximate surface area is 216 Å². The number of carbonyl (C=O) groups excluding carboxylic acids is 3. The number of nitrogens with one attached hydrogen (secondary N) is 2. The van der Waals surface area contributed by atoms with Gasteiger partial charge in [-0.05, 0) is 39.0 Å². The molecule has 0 saturated heterocycles. The van der Waals surface area contributed by atoms with Gasteiger partial charge in [0.25, 0.3) is 0 Å². The van der Waals surface area contributed by atoms with Crippen molar-refractivity contribution in [2.75, 3.05) is 7.05 Å². The van der Waals surface area contributed by atoms with Gasteiger partial charge in [0.05, 0.1) is 6.04 Å². The van der Waals surface area contributed by atoms with E-state index in [1.807, 2.05) is 34.6 Å². The number of rotatable bonds is 10. The van der Waals surface area contributed by atoms with Gasteiger partial charge < -0.3 is 25.4 Å². The van der Waals surface area contributed by atoms with Crippen LogP contribution in [0.5, 0.6) is 0 Å². The minimum Gasteiger partial charge on any atom is -0.478 e. The summed E-state index contributed by atoms with van der Waals surface area (Å²) in [6.07, 6.45) is 2.34. The van der Waals surface area contributed by atoms with Crippen LogP contribution in [0.1, 0.15) is 76.2 Å². The molecule has 0 rings (SSSR count). The van der Waals surface area contributed by atoms with E-state index >= 15 is 0 Å². The highest BCUT2D eigenvalue weighted by molar-refractivity contribution is 5.92. The van der Waals surface area contributed by atoms with Gasteiger partial charge in [0.2, 0.25) is 11.8 Å². The Hall–Kier alpha value is -2.84. The number of hydrogen-bond acceptors (Lipinski definition) is 5. The van der Waals surface area contributed by atoms with Crippen molar-refractivity contribution in [1.29, 1.82) is 0 Å². The minimum absolute atomic E-state index is 0.0779. The second-order valence-electron chi connectivity index (χ2n) is 12.3. The molecule has 0 saturated carbocycles. The van der Waals surface area contributed by atoms with E-state index in [4.69, 9.17) is 4.74 Å². The highest BCUT2D eigenvalue weighted by Gasteiger charge is 2.41. The van der Waals surface area contributed by atoms with E-state index in [2.05, 4.69) is 17.2 Å². The van der Waals surface area contributed by atoms with Crippen LogP contribution < -0.4 is 10.6 Å². The van der Waals surface area contributed by atoms with Crippen LogP contribution in [0.2, 0.25) is 0 Å². The Morgan fingerprint density at radius 2 is 1.44 bits per heavy atom. The monoisotopic (exact) mass is 509 g/mol. The van der Waals surface area contributed by atoms with Crippen molar-refractivity contribution in [3.8, 4) is 0 Å². The van der Waals surface area contributed by atoms with Crippen molar-refractivity contribution in [3.63, 3.8) is 0 Å². The zero-order valence-corrected chi connectivity index (χ0v) is 24.1. The van der Waals surface area contributed by atoms with Crippen LogP contribution in [0, 0.1) is 16.7 Å². The van der Waals surface area contributed by atoms with E-state index in [1.54, 1.807) is 53.8 Å². The average molecular weight is 510 g/mol. The van der Waals surface area contributed by atoms with E-state index in [0.717, 1.165) is 0 Å². The number of likely N-dealkylation sites (N-methyl/N-ethyl adjacent to an activating group) is 1. The molecule has 1 unspecified atom stereocenters. The molecule has 0 aromatic heterocycles.